The summed E-state index contributed by atoms with van der Waals surface area (Å²) in [5.41, 5.74) is 5.87. The van der Waals surface area contributed by atoms with Gasteiger partial charge in [0.1, 0.15) is 0 Å². The van der Waals surface area contributed by atoms with Crippen LogP contribution in [0.3, 0.4) is 0 Å². The maximum absolute atomic E-state index is 12.0. The van der Waals surface area contributed by atoms with Crippen molar-refractivity contribution < 1.29 is 4.79 Å². The highest BCUT2D eigenvalue weighted by Gasteiger charge is 2.35. The molecule has 3 nitrogen and oxygen atoms in total. The van der Waals surface area contributed by atoms with Gasteiger partial charge < -0.3 is 11.1 Å². The minimum Gasteiger partial charge on any atom is -0.351 e. The van der Waals surface area contributed by atoms with E-state index in [0.717, 1.165) is 19.3 Å². The van der Waals surface area contributed by atoms with Gasteiger partial charge in [-0.15, -0.1) is 0 Å². The Morgan fingerprint density at radius 2 is 1.93 bits per heavy atom. The lowest BCUT2D eigenvalue weighted by Gasteiger charge is -2.35. The van der Waals surface area contributed by atoms with E-state index in [0.29, 0.717) is 5.92 Å². The summed E-state index contributed by atoms with van der Waals surface area (Å²) in [5.74, 6) is 0.538. The van der Waals surface area contributed by atoms with Gasteiger partial charge in [-0.2, -0.15) is 0 Å². The Morgan fingerprint density at radius 1 is 1.33 bits per heavy atom. The fourth-order valence-corrected chi connectivity index (χ4v) is 2.36. The first-order chi connectivity index (χ1) is 6.81. The highest BCUT2D eigenvalue weighted by molar-refractivity contribution is 5.80. The Morgan fingerprint density at radius 3 is 2.40 bits per heavy atom. The number of amides is 1. The molecular formula is C12H24N2O. The molecule has 1 amide bonds. The first kappa shape index (κ1) is 12.5. The first-order valence-corrected chi connectivity index (χ1v) is 5.89. The van der Waals surface area contributed by atoms with E-state index in [-0.39, 0.29) is 23.4 Å². The molecule has 3 atom stereocenters. The van der Waals surface area contributed by atoms with Crippen LogP contribution in [0.1, 0.15) is 47.0 Å². The molecule has 3 unspecified atom stereocenters. The molecule has 3 N–H and O–H groups in total. The van der Waals surface area contributed by atoms with Crippen molar-refractivity contribution in [3.8, 4) is 0 Å². The summed E-state index contributed by atoms with van der Waals surface area (Å²) < 4.78 is 0. The number of hydrogen-bond acceptors (Lipinski definition) is 2. The van der Waals surface area contributed by atoms with E-state index in [4.69, 9.17) is 5.73 Å². The van der Waals surface area contributed by atoms with E-state index in [1.165, 1.54) is 0 Å². The predicted octanol–water partition coefficient (Wildman–Crippen LogP) is 1.66. The van der Waals surface area contributed by atoms with Gasteiger partial charge in [-0.1, -0.05) is 13.3 Å². The van der Waals surface area contributed by atoms with E-state index in [1.54, 1.807) is 0 Å². The van der Waals surface area contributed by atoms with Crippen molar-refractivity contribution in [2.24, 2.45) is 17.6 Å². The van der Waals surface area contributed by atoms with Crippen molar-refractivity contribution >= 4 is 5.91 Å². The third kappa shape index (κ3) is 3.49. The third-order valence-electron chi connectivity index (χ3n) is 3.07. The number of hydrogen-bond donors (Lipinski definition) is 2. The Hall–Kier alpha value is -0.570. The second-order valence-corrected chi connectivity index (χ2v) is 5.84. The molecule has 1 fully saturated rings. The van der Waals surface area contributed by atoms with Gasteiger partial charge in [-0.25, -0.2) is 0 Å². The topological polar surface area (TPSA) is 55.1 Å². The van der Waals surface area contributed by atoms with Crippen LogP contribution in [0.2, 0.25) is 0 Å². The van der Waals surface area contributed by atoms with Gasteiger partial charge in [0, 0.05) is 11.6 Å². The second-order valence-electron chi connectivity index (χ2n) is 5.84. The zero-order valence-corrected chi connectivity index (χ0v) is 10.3. The molecule has 0 aromatic carbocycles. The first-order valence-electron chi connectivity index (χ1n) is 5.89. The molecule has 88 valence electrons. The average molecular weight is 212 g/mol. The van der Waals surface area contributed by atoms with E-state index in [2.05, 4.69) is 12.2 Å². The molecule has 1 aliphatic carbocycles. The van der Waals surface area contributed by atoms with Gasteiger partial charge in [0.05, 0.1) is 5.92 Å². The molecule has 1 saturated carbocycles. The average Bonchev–Trinajstić information content (AvgIpc) is 1.99. The quantitative estimate of drug-likeness (QED) is 0.694. The lowest BCUT2D eigenvalue weighted by atomic mass is 9.76. The van der Waals surface area contributed by atoms with E-state index in [9.17, 15) is 4.79 Å². The number of nitrogens with one attached hydrogen (secondary N) is 1. The molecule has 15 heavy (non-hydrogen) atoms. The van der Waals surface area contributed by atoms with Crippen molar-refractivity contribution in [2.75, 3.05) is 0 Å². The summed E-state index contributed by atoms with van der Waals surface area (Å²) in [6, 6.07) is 0.0381. The van der Waals surface area contributed by atoms with Gasteiger partial charge >= 0.3 is 0 Å². The van der Waals surface area contributed by atoms with Crippen LogP contribution >= 0.6 is 0 Å². The van der Waals surface area contributed by atoms with Crippen LogP contribution in [0, 0.1) is 11.8 Å². The molecule has 0 aliphatic heterocycles. The summed E-state index contributed by atoms with van der Waals surface area (Å²) in [5, 5.41) is 3.03. The molecule has 1 rings (SSSR count). The highest BCUT2D eigenvalue weighted by atomic mass is 16.2. The van der Waals surface area contributed by atoms with Crippen molar-refractivity contribution in [3.05, 3.63) is 0 Å². The zero-order valence-electron chi connectivity index (χ0n) is 10.3. The third-order valence-corrected chi connectivity index (χ3v) is 3.07. The van der Waals surface area contributed by atoms with Gasteiger partial charge in [-0.3, -0.25) is 4.79 Å². The Balaban J connectivity index is 2.64. The van der Waals surface area contributed by atoms with E-state index < -0.39 is 0 Å². The minimum atomic E-state index is -0.159. The number of carbonyl (C=O) groups is 1. The molecule has 0 bridgehead atoms. The molecule has 3 heteroatoms. The van der Waals surface area contributed by atoms with Crippen LogP contribution in [0.15, 0.2) is 0 Å². The summed E-state index contributed by atoms with van der Waals surface area (Å²) in [6.07, 6.45) is 3.25. The molecule has 0 spiro atoms. The Labute approximate surface area is 92.8 Å². The smallest absolute Gasteiger partial charge is 0.225 e. The SMILES string of the molecule is CC1CCCC(N)C1C(=O)NC(C)(C)C. The molecule has 1 aliphatic rings. The summed E-state index contributed by atoms with van der Waals surface area (Å²) in [6.45, 7) is 8.14. The molecule has 0 aromatic heterocycles. The standard InChI is InChI=1S/C12H24N2O/c1-8-6-5-7-9(13)10(8)11(15)14-12(2,3)4/h8-10H,5-7,13H2,1-4H3,(H,14,15). The Bertz CT molecular complexity index is 222. The fraction of sp³-hybridized carbons (Fsp3) is 0.917. The van der Waals surface area contributed by atoms with Crippen LogP contribution < -0.4 is 11.1 Å². The number of nitrogens with two attached hydrogens (primary N) is 1. The van der Waals surface area contributed by atoms with E-state index >= 15 is 0 Å². The normalized spacial score (nSPS) is 32.5. The van der Waals surface area contributed by atoms with Crippen molar-refractivity contribution in [3.63, 3.8) is 0 Å². The van der Waals surface area contributed by atoms with E-state index in [1.807, 2.05) is 20.8 Å². The van der Waals surface area contributed by atoms with Gasteiger partial charge in [0.2, 0.25) is 5.91 Å². The molecular weight excluding hydrogens is 188 g/mol. The van der Waals surface area contributed by atoms with Crippen LogP contribution in [0.25, 0.3) is 0 Å². The van der Waals surface area contributed by atoms with Crippen molar-refractivity contribution in [2.45, 2.75) is 58.5 Å². The highest BCUT2D eigenvalue weighted by Crippen LogP contribution is 2.29. The van der Waals surface area contributed by atoms with Crippen LogP contribution in [0.4, 0.5) is 0 Å². The Kier molecular flexibility index (Phi) is 3.77. The lowest BCUT2D eigenvalue weighted by molar-refractivity contribution is -0.129. The number of carbonyl (C=O) groups excluding carboxylic acids is 1. The maximum Gasteiger partial charge on any atom is 0.225 e. The zero-order chi connectivity index (χ0) is 11.6. The lowest BCUT2D eigenvalue weighted by Crippen LogP contribution is -2.52. The van der Waals surface area contributed by atoms with Crippen molar-refractivity contribution in [1.82, 2.24) is 5.32 Å². The summed E-state index contributed by atoms with van der Waals surface area (Å²) in [7, 11) is 0. The van der Waals surface area contributed by atoms with Crippen LogP contribution in [0.5, 0.6) is 0 Å². The summed E-state index contributed by atoms with van der Waals surface area (Å²) in [4.78, 5) is 12.0. The molecule has 0 heterocycles. The molecule has 0 saturated heterocycles. The fourth-order valence-electron chi connectivity index (χ4n) is 2.36. The molecule has 0 aromatic rings. The van der Waals surface area contributed by atoms with Gasteiger partial charge in [0.15, 0.2) is 0 Å². The number of rotatable bonds is 1. The summed E-state index contributed by atoms with van der Waals surface area (Å²) >= 11 is 0. The van der Waals surface area contributed by atoms with Gasteiger partial charge in [0.25, 0.3) is 0 Å². The predicted molar refractivity (Wildman–Crippen MR) is 62.4 cm³/mol. The second kappa shape index (κ2) is 4.52. The van der Waals surface area contributed by atoms with Crippen LogP contribution in [-0.4, -0.2) is 17.5 Å². The monoisotopic (exact) mass is 212 g/mol. The minimum absolute atomic E-state index is 0.00188. The van der Waals surface area contributed by atoms with Crippen LogP contribution in [-0.2, 0) is 4.79 Å². The molecule has 0 radical (unpaired) electrons. The largest absolute Gasteiger partial charge is 0.351 e. The maximum atomic E-state index is 12.0. The van der Waals surface area contributed by atoms with Gasteiger partial charge in [-0.05, 0) is 39.5 Å². The van der Waals surface area contributed by atoms with Crippen molar-refractivity contribution in [1.29, 1.82) is 0 Å².